The molecular weight excluding hydrogens is 302 g/mol. The highest BCUT2D eigenvalue weighted by molar-refractivity contribution is 5.81. The summed E-state index contributed by atoms with van der Waals surface area (Å²) in [5.41, 5.74) is 1.05. The van der Waals surface area contributed by atoms with E-state index in [1.54, 1.807) is 0 Å². The molecule has 0 aromatic carbocycles. The molecule has 2 saturated heterocycles. The van der Waals surface area contributed by atoms with Crippen LogP contribution < -0.4 is 15.5 Å². The van der Waals surface area contributed by atoms with E-state index in [1.165, 1.54) is 6.42 Å². The minimum atomic E-state index is -0.0270. The van der Waals surface area contributed by atoms with E-state index in [2.05, 4.69) is 44.5 Å². The van der Waals surface area contributed by atoms with E-state index in [-0.39, 0.29) is 11.9 Å². The Morgan fingerprint density at radius 3 is 2.75 bits per heavy atom. The zero-order valence-corrected chi connectivity index (χ0v) is 14.6. The monoisotopic (exact) mass is 331 g/mol. The highest BCUT2D eigenvalue weighted by Gasteiger charge is 2.20. The number of hydrogen-bond acceptors (Lipinski definition) is 5. The minimum absolute atomic E-state index is 0.0270. The maximum absolute atomic E-state index is 12.1. The third-order valence-corrected chi connectivity index (χ3v) is 5.05. The molecule has 2 aliphatic heterocycles. The molecule has 1 amide bonds. The van der Waals surface area contributed by atoms with Gasteiger partial charge in [-0.3, -0.25) is 4.79 Å². The third-order valence-electron chi connectivity index (χ3n) is 5.05. The van der Waals surface area contributed by atoms with Crippen molar-refractivity contribution in [3.8, 4) is 0 Å². The Balaban J connectivity index is 1.47. The summed E-state index contributed by atoms with van der Waals surface area (Å²) in [4.78, 5) is 21.5. The fourth-order valence-electron chi connectivity index (χ4n) is 3.39. The Bertz CT molecular complexity index is 519. The van der Waals surface area contributed by atoms with Crippen LogP contribution in [-0.4, -0.2) is 61.1 Å². The van der Waals surface area contributed by atoms with Gasteiger partial charge in [-0.2, -0.15) is 0 Å². The number of carbonyl (C=O) groups excluding carboxylic acids is 1. The number of piperazine rings is 1. The number of rotatable bonds is 5. The Hall–Kier alpha value is -1.66. The van der Waals surface area contributed by atoms with Gasteiger partial charge in [-0.05, 0) is 37.6 Å². The van der Waals surface area contributed by atoms with Gasteiger partial charge in [0.1, 0.15) is 5.82 Å². The van der Waals surface area contributed by atoms with E-state index in [1.807, 2.05) is 6.20 Å². The SMILES string of the molecule is CCN1CCN(c2ccc(CNC(=O)[C@H]3CCCCN3)cn2)CC1. The molecule has 1 atom stereocenters. The van der Waals surface area contributed by atoms with E-state index in [0.29, 0.717) is 6.54 Å². The molecule has 0 unspecified atom stereocenters. The van der Waals surface area contributed by atoms with Crippen molar-refractivity contribution in [2.24, 2.45) is 0 Å². The van der Waals surface area contributed by atoms with Crippen LogP contribution >= 0.6 is 0 Å². The molecule has 1 aromatic rings. The largest absolute Gasteiger partial charge is 0.354 e. The number of carbonyl (C=O) groups is 1. The molecule has 3 heterocycles. The van der Waals surface area contributed by atoms with Crippen molar-refractivity contribution >= 4 is 11.7 Å². The third kappa shape index (κ3) is 4.45. The van der Waals surface area contributed by atoms with Crippen molar-refractivity contribution in [2.45, 2.75) is 38.8 Å². The van der Waals surface area contributed by atoms with Crippen LogP contribution in [0.25, 0.3) is 0 Å². The second-order valence-electron chi connectivity index (χ2n) is 6.67. The normalized spacial score (nSPS) is 22.4. The summed E-state index contributed by atoms with van der Waals surface area (Å²) in [5, 5.41) is 6.30. The highest BCUT2D eigenvalue weighted by atomic mass is 16.2. The highest BCUT2D eigenvalue weighted by Crippen LogP contribution is 2.14. The second kappa shape index (κ2) is 8.44. The maximum atomic E-state index is 12.1. The molecule has 0 radical (unpaired) electrons. The van der Waals surface area contributed by atoms with Crippen LogP contribution in [0.5, 0.6) is 0 Å². The number of nitrogens with one attached hydrogen (secondary N) is 2. The van der Waals surface area contributed by atoms with Gasteiger partial charge in [0.25, 0.3) is 0 Å². The fraction of sp³-hybridized carbons (Fsp3) is 0.667. The second-order valence-corrected chi connectivity index (χ2v) is 6.67. The molecule has 2 N–H and O–H groups in total. The van der Waals surface area contributed by atoms with Crippen molar-refractivity contribution < 1.29 is 4.79 Å². The van der Waals surface area contributed by atoms with Gasteiger partial charge in [-0.15, -0.1) is 0 Å². The first-order valence-electron chi connectivity index (χ1n) is 9.19. The van der Waals surface area contributed by atoms with E-state index >= 15 is 0 Å². The molecule has 0 spiro atoms. The first-order valence-corrected chi connectivity index (χ1v) is 9.19. The fourth-order valence-corrected chi connectivity index (χ4v) is 3.39. The molecule has 3 rings (SSSR count). The Morgan fingerprint density at radius 2 is 2.12 bits per heavy atom. The van der Waals surface area contributed by atoms with Crippen molar-refractivity contribution in [1.82, 2.24) is 20.5 Å². The first-order chi connectivity index (χ1) is 11.8. The molecule has 2 fully saturated rings. The number of anilines is 1. The molecule has 24 heavy (non-hydrogen) atoms. The quantitative estimate of drug-likeness (QED) is 0.842. The van der Waals surface area contributed by atoms with Crippen LogP contribution in [0.3, 0.4) is 0 Å². The van der Waals surface area contributed by atoms with E-state index < -0.39 is 0 Å². The van der Waals surface area contributed by atoms with Crippen LogP contribution in [0.4, 0.5) is 5.82 Å². The number of pyridine rings is 1. The van der Waals surface area contributed by atoms with Crippen LogP contribution in [0.15, 0.2) is 18.3 Å². The molecule has 0 bridgehead atoms. The maximum Gasteiger partial charge on any atom is 0.237 e. The average molecular weight is 331 g/mol. The lowest BCUT2D eigenvalue weighted by Gasteiger charge is -2.34. The first kappa shape index (κ1) is 17.2. The summed E-state index contributed by atoms with van der Waals surface area (Å²) in [6.45, 7) is 9.09. The lowest BCUT2D eigenvalue weighted by atomic mass is 10.0. The van der Waals surface area contributed by atoms with Gasteiger partial charge in [0, 0.05) is 38.9 Å². The number of likely N-dealkylation sites (N-methyl/N-ethyl adjacent to an activating group) is 1. The summed E-state index contributed by atoms with van der Waals surface area (Å²) in [6.07, 6.45) is 5.12. The van der Waals surface area contributed by atoms with Gasteiger partial charge >= 0.3 is 0 Å². The molecule has 6 heteroatoms. The minimum Gasteiger partial charge on any atom is -0.354 e. The van der Waals surface area contributed by atoms with Crippen molar-refractivity contribution in [2.75, 3.05) is 44.2 Å². The Morgan fingerprint density at radius 1 is 1.29 bits per heavy atom. The predicted octanol–water partition coefficient (Wildman–Crippen LogP) is 0.982. The van der Waals surface area contributed by atoms with Crippen molar-refractivity contribution in [3.05, 3.63) is 23.9 Å². The van der Waals surface area contributed by atoms with Crippen LogP contribution in [-0.2, 0) is 11.3 Å². The summed E-state index contributed by atoms with van der Waals surface area (Å²) < 4.78 is 0. The Labute approximate surface area is 144 Å². The lowest BCUT2D eigenvalue weighted by molar-refractivity contribution is -0.123. The van der Waals surface area contributed by atoms with Crippen molar-refractivity contribution in [1.29, 1.82) is 0 Å². The van der Waals surface area contributed by atoms with E-state index in [9.17, 15) is 4.79 Å². The Kier molecular flexibility index (Phi) is 6.04. The van der Waals surface area contributed by atoms with E-state index in [0.717, 1.165) is 63.5 Å². The van der Waals surface area contributed by atoms with Gasteiger partial charge in [-0.1, -0.05) is 19.4 Å². The zero-order valence-electron chi connectivity index (χ0n) is 14.6. The van der Waals surface area contributed by atoms with Gasteiger partial charge in [0.05, 0.1) is 6.04 Å². The van der Waals surface area contributed by atoms with Crippen LogP contribution in [0, 0.1) is 0 Å². The number of piperidine rings is 1. The molecule has 1 aromatic heterocycles. The lowest BCUT2D eigenvalue weighted by Crippen LogP contribution is -2.46. The number of nitrogens with zero attached hydrogens (tertiary/aromatic N) is 3. The van der Waals surface area contributed by atoms with E-state index in [4.69, 9.17) is 0 Å². The number of amides is 1. The summed E-state index contributed by atoms with van der Waals surface area (Å²) in [7, 11) is 0. The van der Waals surface area contributed by atoms with Gasteiger partial charge in [-0.25, -0.2) is 4.98 Å². The molecule has 6 nitrogen and oxygen atoms in total. The zero-order chi connectivity index (χ0) is 16.8. The summed E-state index contributed by atoms with van der Waals surface area (Å²) in [5.74, 6) is 1.14. The summed E-state index contributed by atoms with van der Waals surface area (Å²) >= 11 is 0. The summed E-state index contributed by atoms with van der Waals surface area (Å²) in [6, 6.07) is 4.12. The predicted molar refractivity (Wildman–Crippen MR) is 96.1 cm³/mol. The molecule has 132 valence electrons. The molecule has 0 aliphatic carbocycles. The topological polar surface area (TPSA) is 60.5 Å². The average Bonchev–Trinajstić information content (AvgIpc) is 2.67. The van der Waals surface area contributed by atoms with Gasteiger partial charge < -0.3 is 20.4 Å². The van der Waals surface area contributed by atoms with Crippen LogP contribution in [0.1, 0.15) is 31.7 Å². The van der Waals surface area contributed by atoms with Crippen molar-refractivity contribution in [3.63, 3.8) is 0 Å². The van der Waals surface area contributed by atoms with Gasteiger partial charge in [0.2, 0.25) is 5.91 Å². The smallest absolute Gasteiger partial charge is 0.237 e. The number of aromatic nitrogens is 1. The van der Waals surface area contributed by atoms with Crippen LogP contribution in [0.2, 0.25) is 0 Å². The standard InChI is InChI=1S/C18H29N5O/c1-2-22-9-11-23(12-10-22)17-7-6-15(13-20-17)14-21-18(24)16-5-3-4-8-19-16/h6-7,13,16,19H,2-5,8-12,14H2,1H3,(H,21,24)/t16-/m1/s1. The molecular formula is C18H29N5O. The number of hydrogen-bond donors (Lipinski definition) is 2. The molecule has 0 saturated carbocycles. The van der Waals surface area contributed by atoms with Gasteiger partial charge in [0.15, 0.2) is 0 Å². The molecule has 2 aliphatic rings.